The van der Waals surface area contributed by atoms with Gasteiger partial charge in [-0.1, -0.05) is 19.8 Å². The lowest BCUT2D eigenvalue weighted by Crippen LogP contribution is -2.52. The van der Waals surface area contributed by atoms with Crippen LogP contribution in [-0.2, 0) is 4.74 Å². The molecule has 4 nitrogen and oxygen atoms in total. The first-order chi connectivity index (χ1) is 7.72. The van der Waals surface area contributed by atoms with E-state index in [0.29, 0.717) is 11.5 Å². The van der Waals surface area contributed by atoms with Crippen molar-refractivity contribution in [3.8, 4) is 0 Å². The summed E-state index contributed by atoms with van der Waals surface area (Å²) in [5, 5.41) is 6.88. The van der Waals surface area contributed by atoms with Crippen molar-refractivity contribution in [2.75, 3.05) is 26.8 Å². The van der Waals surface area contributed by atoms with Gasteiger partial charge in [-0.25, -0.2) is 0 Å². The second kappa shape index (κ2) is 6.78. The molecule has 2 N–H and O–H groups in total. The zero-order chi connectivity index (χ0) is 11.4. The topological polar surface area (TPSA) is 45.7 Å². The van der Waals surface area contributed by atoms with E-state index >= 15 is 0 Å². The first-order valence-electron chi connectivity index (χ1n) is 6.27. The van der Waals surface area contributed by atoms with E-state index in [9.17, 15) is 0 Å². The predicted molar refractivity (Wildman–Crippen MR) is 81.1 cm³/mol. The fraction of sp³-hybridized carbons (Fsp3) is 0.917. The quantitative estimate of drug-likeness (QED) is 0.462. The number of hydrogen-bond donors (Lipinski definition) is 2. The summed E-state index contributed by atoms with van der Waals surface area (Å²) in [7, 11) is 1.84. The van der Waals surface area contributed by atoms with Gasteiger partial charge in [-0.3, -0.25) is 4.99 Å². The molecular weight excluding hydrogens is 329 g/mol. The normalized spacial score (nSPS) is 23.8. The van der Waals surface area contributed by atoms with Crippen molar-refractivity contribution in [2.24, 2.45) is 10.4 Å². The van der Waals surface area contributed by atoms with E-state index in [2.05, 4.69) is 22.5 Å². The van der Waals surface area contributed by atoms with Crippen LogP contribution in [-0.4, -0.2) is 38.8 Å². The Morgan fingerprint density at radius 1 is 1.35 bits per heavy atom. The van der Waals surface area contributed by atoms with Gasteiger partial charge in [0.15, 0.2) is 5.96 Å². The Hall–Kier alpha value is -0.0400. The van der Waals surface area contributed by atoms with Crippen molar-refractivity contribution in [3.63, 3.8) is 0 Å². The third kappa shape index (κ3) is 4.28. The molecule has 0 spiro atoms. The van der Waals surface area contributed by atoms with Crippen LogP contribution in [0.4, 0.5) is 0 Å². The second-order valence-electron chi connectivity index (χ2n) is 5.35. The molecule has 0 amide bonds. The molecule has 1 aliphatic carbocycles. The van der Waals surface area contributed by atoms with Crippen LogP contribution in [0.15, 0.2) is 4.99 Å². The van der Waals surface area contributed by atoms with Crippen LogP contribution in [0, 0.1) is 5.41 Å². The van der Waals surface area contributed by atoms with Crippen LogP contribution < -0.4 is 10.6 Å². The Bertz CT molecular complexity index is 260. The minimum Gasteiger partial charge on any atom is -0.380 e. The van der Waals surface area contributed by atoms with Crippen LogP contribution in [0.3, 0.4) is 0 Å². The molecule has 0 atom stereocenters. The molecule has 2 rings (SSSR count). The van der Waals surface area contributed by atoms with Gasteiger partial charge in [0.25, 0.3) is 0 Å². The van der Waals surface area contributed by atoms with Crippen LogP contribution in [0.2, 0.25) is 0 Å². The Kier molecular flexibility index (Phi) is 5.99. The molecule has 0 aromatic carbocycles. The van der Waals surface area contributed by atoms with Crippen LogP contribution >= 0.6 is 24.0 Å². The maximum absolute atomic E-state index is 5.24. The molecule has 0 unspecified atom stereocenters. The summed E-state index contributed by atoms with van der Waals surface area (Å²) in [5.74, 6) is 0.944. The van der Waals surface area contributed by atoms with Gasteiger partial charge >= 0.3 is 0 Å². The molecule has 0 bridgehead atoms. The lowest BCUT2D eigenvalue weighted by Gasteiger charge is -2.38. The summed E-state index contributed by atoms with van der Waals surface area (Å²) < 4.78 is 5.24. The van der Waals surface area contributed by atoms with E-state index in [1.807, 2.05) is 7.05 Å². The zero-order valence-corrected chi connectivity index (χ0v) is 13.1. The van der Waals surface area contributed by atoms with E-state index in [1.54, 1.807) is 0 Å². The highest BCUT2D eigenvalue weighted by atomic mass is 127. The largest absolute Gasteiger partial charge is 0.380 e. The van der Waals surface area contributed by atoms with Gasteiger partial charge in [0.2, 0.25) is 0 Å². The van der Waals surface area contributed by atoms with Gasteiger partial charge in [-0.2, -0.15) is 0 Å². The molecule has 0 aromatic heterocycles. The van der Waals surface area contributed by atoms with Gasteiger partial charge < -0.3 is 15.4 Å². The number of halogens is 1. The Morgan fingerprint density at radius 2 is 2.00 bits per heavy atom. The van der Waals surface area contributed by atoms with E-state index in [4.69, 9.17) is 4.74 Å². The minimum atomic E-state index is 0. The van der Waals surface area contributed by atoms with E-state index in [1.165, 1.54) is 25.7 Å². The summed E-state index contributed by atoms with van der Waals surface area (Å²) in [6.07, 6.45) is 5.25. The van der Waals surface area contributed by atoms with Crippen molar-refractivity contribution in [2.45, 2.75) is 38.6 Å². The van der Waals surface area contributed by atoms with Crippen LogP contribution in [0.1, 0.15) is 32.6 Å². The van der Waals surface area contributed by atoms with Gasteiger partial charge in [0, 0.05) is 25.0 Å². The van der Waals surface area contributed by atoms with Crippen molar-refractivity contribution in [3.05, 3.63) is 0 Å². The first kappa shape index (κ1) is 15.0. The van der Waals surface area contributed by atoms with Crippen molar-refractivity contribution >= 4 is 29.9 Å². The molecular formula is C12H24IN3O. The molecule has 1 saturated carbocycles. The van der Waals surface area contributed by atoms with Crippen molar-refractivity contribution in [1.82, 2.24) is 10.6 Å². The Morgan fingerprint density at radius 3 is 2.47 bits per heavy atom. The molecule has 100 valence electrons. The van der Waals surface area contributed by atoms with E-state index < -0.39 is 0 Å². The number of ether oxygens (including phenoxy) is 1. The number of nitrogens with zero attached hydrogens (tertiary/aromatic N) is 1. The maximum atomic E-state index is 5.24. The number of nitrogens with one attached hydrogen (secondary N) is 2. The van der Waals surface area contributed by atoms with Gasteiger partial charge in [0.1, 0.15) is 0 Å². The lowest BCUT2D eigenvalue weighted by molar-refractivity contribution is -0.0971. The summed E-state index contributed by atoms with van der Waals surface area (Å²) >= 11 is 0. The third-order valence-electron chi connectivity index (χ3n) is 3.50. The van der Waals surface area contributed by atoms with Crippen LogP contribution in [0.25, 0.3) is 0 Å². The number of aliphatic imine (C=N–C) groups is 1. The van der Waals surface area contributed by atoms with Gasteiger partial charge in [-0.05, 0) is 12.8 Å². The first-order valence-corrected chi connectivity index (χ1v) is 6.27. The fourth-order valence-corrected chi connectivity index (χ4v) is 2.31. The summed E-state index contributed by atoms with van der Waals surface area (Å²) in [6.45, 7) is 4.91. The number of hydrogen-bond acceptors (Lipinski definition) is 2. The SMILES string of the molecule is CN=C(NCC1(C)COC1)NC1CCCC1.I. The average molecular weight is 353 g/mol. The number of rotatable bonds is 3. The molecule has 2 fully saturated rings. The number of guanidine groups is 1. The molecule has 0 aromatic rings. The molecule has 0 radical (unpaired) electrons. The fourth-order valence-electron chi connectivity index (χ4n) is 2.31. The Balaban J connectivity index is 0.00000144. The highest BCUT2D eigenvalue weighted by Gasteiger charge is 2.33. The molecule has 2 aliphatic rings. The lowest BCUT2D eigenvalue weighted by atomic mass is 9.89. The van der Waals surface area contributed by atoms with E-state index in [-0.39, 0.29) is 24.0 Å². The van der Waals surface area contributed by atoms with Crippen molar-refractivity contribution < 1.29 is 4.74 Å². The summed E-state index contributed by atoms with van der Waals surface area (Å²) in [6, 6.07) is 0.622. The average Bonchev–Trinajstić information content (AvgIpc) is 2.74. The van der Waals surface area contributed by atoms with Crippen molar-refractivity contribution in [1.29, 1.82) is 0 Å². The minimum absolute atomic E-state index is 0. The van der Waals surface area contributed by atoms with E-state index in [0.717, 1.165) is 25.7 Å². The maximum Gasteiger partial charge on any atom is 0.191 e. The Labute approximate surface area is 121 Å². The highest BCUT2D eigenvalue weighted by molar-refractivity contribution is 14.0. The summed E-state index contributed by atoms with van der Waals surface area (Å²) in [4.78, 5) is 4.27. The summed E-state index contributed by atoms with van der Waals surface area (Å²) in [5.41, 5.74) is 0.299. The molecule has 17 heavy (non-hydrogen) atoms. The monoisotopic (exact) mass is 353 g/mol. The van der Waals surface area contributed by atoms with Gasteiger partial charge in [0.05, 0.1) is 13.2 Å². The highest BCUT2D eigenvalue weighted by Crippen LogP contribution is 2.25. The molecule has 5 heteroatoms. The standard InChI is InChI=1S/C12H23N3O.HI/c1-12(8-16-9-12)7-14-11(13-2)15-10-5-3-4-6-10;/h10H,3-9H2,1-2H3,(H2,13,14,15);1H. The zero-order valence-electron chi connectivity index (χ0n) is 10.8. The molecule has 1 aliphatic heterocycles. The van der Waals surface area contributed by atoms with Gasteiger partial charge in [-0.15, -0.1) is 24.0 Å². The second-order valence-corrected chi connectivity index (χ2v) is 5.35. The third-order valence-corrected chi connectivity index (χ3v) is 3.50. The molecule has 1 saturated heterocycles. The molecule has 1 heterocycles. The predicted octanol–water partition coefficient (Wildman–Crippen LogP) is 1.75. The smallest absolute Gasteiger partial charge is 0.191 e. The van der Waals surface area contributed by atoms with Crippen LogP contribution in [0.5, 0.6) is 0 Å².